The number of nitrogens with zero attached hydrogens (tertiary/aromatic N) is 2. The van der Waals surface area contributed by atoms with Gasteiger partial charge in [-0.3, -0.25) is 14.5 Å². The van der Waals surface area contributed by atoms with Crippen LogP contribution in [0.5, 0.6) is 0 Å². The molecule has 1 saturated heterocycles. The lowest BCUT2D eigenvalue weighted by Crippen LogP contribution is -2.50. The maximum atomic E-state index is 12.6. The lowest BCUT2D eigenvalue weighted by molar-refractivity contribution is -0.139. The fourth-order valence-electron chi connectivity index (χ4n) is 3.44. The molecule has 0 spiro atoms. The first-order valence-corrected chi connectivity index (χ1v) is 7.41. The molecule has 0 aromatic heterocycles. The van der Waals surface area contributed by atoms with Crippen molar-refractivity contribution in [2.75, 3.05) is 32.7 Å². The van der Waals surface area contributed by atoms with Crippen molar-refractivity contribution in [2.24, 2.45) is 16.7 Å². The Hall–Kier alpha value is -1.10. The number of hydrogen-bond donors (Lipinski definition) is 1. The molecule has 0 unspecified atom stereocenters. The fourth-order valence-corrected chi connectivity index (χ4v) is 3.44. The predicted molar refractivity (Wildman–Crippen MR) is 76.3 cm³/mol. The predicted octanol–water partition coefficient (Wildman–Crippen LogP) is 1.29. The van der Waals surface area contributed by atoms with Crippen LogP contribution in [0, 0.1) is 16.7 Å². The lowest BCUT2D eigenvalue weighted by Gasteiger charge is -2.35. The third kappa shape index (κ3) is 2.55. The quantitative estimate of drug-likeness (QED) is 0.844. The average molecular weight is 282 g/mol. The Morgan fingerprint density at radius 3 is 1.95 bits per heavy atom. The minimum atomic E-state index is -0.759. The Labute approximate surface area is 120 Å². The van der Waals surface area contributed by atoms with Gasteiger partial charge in [0, 0.05) is 38.6 Å². The molecule has 1 N–H and O–H groups in total. The molecule has 2 rings (SSSR count). The van der Waals surface area contributed by atoms with E-state index >= 15 is 0 Å². The van der Waals surface area contributed by atoms with Crippen molar-refractivity contribution in [3.8, 4) is 0 Å². The molecule has 0 aromatic carbocycles. The maximum Gasteiger partial charge on any atom is 0.304 e. The number of carbonyl (C=O) groups excluding carboxylic acids is 1. The molecule has 114 valence electrons. The number of hydrogen-bond acceptors (Lipinski definition) is 3. The molecule has 1 saturated carbocycles. The number of carboxylic acid groups (broad SMARTS) is 1. The molecule has 20 heavy (non-hydrogen) atoms. The van der Waals surface area contributed by atoms with Crippen molar-refractivity contribution in [1.82, 2.24) is 9.80 Å². The molecule has 1 amide bonds. The highest BCUT2D eigenvalue weighted by atomic mass is 16.4. The molecule has 1 aliphatic heterocycles. The summed E-state index contributed by atoms with van der Waals surface area (Å²) in [6, 6.07) is 0. The van der Waals surface area contributed by atoms with E-state index in [-0.39, 0.29) is 29.1 Å². The van der Waals surface area contributed by atoms with Gasteiger partial charge in [0.15, 0.2) is 0 Å². The molecule has 5 nitrogen and oxygen atoms in total. The van der Waals surface area contributed by atoms with Crippen molar-refractivity contribution in [1.29, 1.82) is 0 Å². The van der Waals surface area contributed by atoms with E-state index < -0.39 is 5.97 Å². The van der Waals surface area contributed by atoms with Crippen LogP contribution in [0.4, 0.5) is 0 Å². The van der Waals surface area contributed by atoms with E-state index in [2.05, 4.69) is 32.6 Å². The summed E-state index contributed by atoms with van der Waals surface area (Å²) in [7, 11) is 0. The van der Waals surface area contributed by atoms with Crippen LogP contribution < -0.4 is 0 Å². The standard InChI is InChI=1S/C15H26N2O3/c1-14(2)12(15(14,3)4)13(20)17-9-7-16(8-10-17)6-5-11(18)19/h12H,5-10H2,1-4H3,(H,18,19). The van der Waals surface area contributed by atoms with Crippen molar-refractivity contribution in [3.05, 3.63) is 0 Å². The van der Waals surface area contributed by atoms with E-state index in [0.29, 0.717) is 6.54 Å². The minimum absolute atomic E-state index is 0.0878. The second-order valence-corrected chi connectivity index (χ2v) is 7.19. The van der Waals surface area contributed by atoms with E-state index in [1.807, 2.05) is 4.90 Å². The number of carboxylic acids is 1. The van der Waals surface area contributed by atoms with Gasteiger partial charge < -0.3 is 10.0 Å². The lowest BCUT2D eigenvalue weighted by atomic mass is 10.0. The summed E-state index contributed by atoms with van der Waals surface area (Å²) in [6.07, 6.45) is 0.177. The Kier molecular flexibility index (Phi) is 3.84. The summed E-state index contributed by atoms with van der Waals surface area (Å²) in [5, 5.41) is 8.69. The highest BCUT2D eigenvalue weighted by molar-refractivity contribution is 5.84. The summed E-state index contributed by atoms with van der Waals surface area (Å²) in [4.78, 5) is 27.2. The number of carbonyl (C=O) groups is 2. The molecule has 0 bridgehead atoms. The van der Waals surface area contributed by atoms with Crippen molar-refractivity contribution in [2.45, 2.75) is 34.1 Å². The van der Waals surface area contributed by atoms with Crippen LogP contribution in [0.15, 0.2) is 0 Å². The first-order valence-electron chi connectivity index (χ1n) is 7.41. The molecule has 5 heteroatoms. The third-order valence-electron chi connectivity index (χ3n) is 5.59. The molecule has 2 aliphatic rings. The zero-order valence-corrected chi connectivity index (χ0v) is 13.0. The summed E-state index contributed by atoms with van der Waals surface area (Å²) < 4.78 is 0. The molecule has 0 atom stereocenters. The molecule has 0 radical (unpaired) electrons. The van der Waals surface area contributed by atoms with E-state index in [9.17, 15) is 9.59 Å². The summed E-state index contributed by atoms with van der Waals surface area (Å²) in [5.74, 6) is -0.358. The maximum absolute atomic E-state index is 12.6. The minimum Gasteiger partial charge on any atom is -0.481 e. The Morgan fingerprint density at radius 1 is 1.05 bits per heavy atom. The summed E-state index contributed by atoms with van der Waals surface area (Å²) >= 11 is 0. The second kappa shape index (κ2) is 5.02. The van der Waals surface area contributed by atoms with Gasteiger partial charge in [0.25, 0.3) is 0 Å². The average Bonchev–Trinajstić information content (AvgIpc) is 2.77. The first-order chi connectivity index (χ1) is 9.18. The second-order valence-electron chi connectivity index (χ2n) is 7.19. The van der Waals surface area contributed by atoms with Gasteiger partial charge in [0.05, 0.1) is 6.42 Å². The third-order valence-corrected chi connectivity index (χ3v) is 5.59. The molecule has 1 aliphatic carbocycles. The fraction of sp³-hybridized carbons (Fsp3) is 0.867. The number of amides is 1. The first kappa shape index (κ1) is 15.3. The largest absolute Gasteiger partial charge is 0.481 e. The zero-order chi connectivity index (χ0) is 15.1. The van der Waals surface area contributed by atoms with Crippen LogP contribution in [0.25, 0.3) is 0 Å². The van der Waals surface area contributed by atoms with E-state index in [0.717, 1.165) is 26.2 Å². The van der Waals surface area contributed by atoms with Crippen LogP contribution in [0.3, 0.4) is 0 Å². The van der Waals surface area contributed by atoms with Crippen molar-refractivity contribution in [3.63, 3.8) is 0 Å². The Balaban J connectivity index is 1.83. The van der Waals surface area contributed by atoms with Gasteiger partial charge in [-0.05, 0) is 10.8 Å². The van der Waals surface area contributed by atoms with E-state index in [1.165, 1.54) is 0 Å². The Bertz CT molecular complexity index is 395. The van der Waals surface area contributed by atoms with E-state index in [4.69, 9.17) is 5.11 Å². The van der Waals surface area contributed by atoms with Gasteiger partial charge in [0.2, 0.25) is 5.91 Å². The topological polar surface area (TPSA) is 60.9 Å². The Morgan fingerprint density at radius 2 is 1.55 bits per heavy atom. The highest BCUT2D eigenvalue weighted by Crippen LogP contribution is 2.68. The highest BCUT2D eigenvalue weighted by Gasteiger charge is 2.68. The van der Waals surface area contributed by atoms with Crippen LogP contribution >= 0.6 is 0 Å². The SMILES string of the molecule is CC1(C)C(C(=O)N2CCN(CCC(=O)O)CC2)C1(C)C. The summed E-state index contributed by atoms with van der Waals surface area (Å²) in [5.41, 5.74) is 0.176. The normalized spacial score (nSPS) is 25.5. The van der Waals surface area contributed by atoms with E-state index in [1.54, 1.807) is 0 Å². The van der Waals surface area contributed by atoms with Gasteiger partial charge in [-0.1, -0.05) is 27.7 Å². The number of aliphatic carboxylic acids is 1. The van der Waals surface area contributed by atoms with Crippen LogP contribution in [0.1, 0.15) is 34.1 Å². The zero-order valence-electron chi connectivity index (χ0n) is 13.0. The van der Waals surface area contributed by atoms with Gasteiger partial charge in [-0.2, -0.15) is 0 Å². The molecular formula is C15H26N2O3. The van der Waals surface area contributed by atoms with Gasteiger partial charge in [-0.15, -0.1) is 0 Å². The molecule has 1 heterocycles. The molecular weight excluding hydrogens is 256 g/mol. The smallest absolute Gasteiger partial charge is 0.304 e. The number of piperazine rings is 1. The molecule has 2 fully saturated rings. The summed E-state index contributed by atoms with van der Waals surface area (Å²) in [6.45, 7) is 12.3. The molecule has 0 aromatic rings. The van der Waals surface area contributed by atoms with Crippen LogP contribution in [-0.2, 0) is 9.59 Å². The van der Waals surface area contributed by atoms with Crippen LogP contribution in [-0.4, -0.2) is 59.5 Å². The van der Waals surface area contributed by atoms with Gasteiger partial charge in [0.1, 0.15) is 0 Å². The number of rotatable bonds is 4. The van der Waals surface area contributed by atoms with Gasteiger partial charge >= 0.3 is 5.97 Å². The van der Waals surface area contributed by atoms with Crippen molar-refractivity contribution < 1.29 is 14.7 Å². The van der Waals surface area contributed by atoms with Gasteiger partial charge in [-0.25, -0.2) is 0 Å². The monoisotopic (exact) mass is 282 g/mol. The van der Waals surface area contributed by atoms with Crippen molar-refractivity contribution >= 4 is 11.9 Å². The van der Waals surface area contributed by atoms with Crippen LogP contribution in [0.2, 0.25) is 0 Å².